The van der Waals surface area contributed by atoms with E-state index >= 15 is 0 Å². The number of hydrogen-bond donors (Lipinski definition) is 3. The summed E-state index contributed by atoms with van der Waals surface area (Å²) in [7, 11) is 0. The van der Waals surface area contributed by atoms with Gasteiger partial charge in [-0.3, -0.25) is 9.78 Å². The molecule has 0 radical (unpaired) electrons. The number of carbonyl (C=O) groups excluding carboxylic acids is 1. The van der Waals surface area contributed by atoms with Crippen LogP contribution in [0.4, 0.5) is 23.1 Å². The molecular formula is C23H17N7O. The van der Waals surface area contributed by atoms with Gasteiger partial charge in [-0.05, 0) is 54.5 Å². The lowest BCUT2D eigenvalue weighted by atomic mass is 10.2. The van der Waals surface area contributed by atoms with Crippen LogP contribution in [0.5, 0.6) is 0 Å². The first-order valence-corrected chi connectivity index (χ1v) is 9.30. The Morgan fingerprint density at radius 3 is 2.52 bits per heavy atom. The highest BCUT2D eigenvalue weighted by atomic mass is 16.1. The van der Waals surface area contributed by atoms with Gasteiger partial charge in [-0.1, -0.05) is 12.0 Å². The Balaban J connectivity index is 1.45. The highest BCUT2D eigenvalue weighted by molar-refractivity contribution is 5.72. The van der Waals surface area contributed by atoms with Crippen LogP contribution < -0.4 is 16.4 Å². The lowest BCUT2D eigenvalue weighted by Crippen LogP contribution is -2.02. The van der Waals surface area contributed by atoms with Gasteiger partial charge in [0.1, 0.15) is 11.5 Å². The fraction of sp³-hybridized carbons (Fsp3) is 0. The molecule has 0 aliphatic heterocycles. The van der Waals surface area contributed by atoms with Crippen molar-refractivity contribution in [2.45, 2.75) is 0 Å². The molecular weight excluding hydrogens is 390 g/mol. The smallest absolute Gasteiger partial charge is 0.229 e. The van der Waals surface area contributed by atoms with Gasteiger partial charge in [0.05, 0.1) is 11.3 Å². The summed E-state index contributed by atoms with van der Waals surface area (Å²) < 4.78 is 0. The average Bonchev–Trinajstić information content (AvgIpc) is 2.80. The average molecular weight is 407 g/mol. The summed E-state index contributed by atoms with van der Waals surface area (Å²) in [6.07, 6.45) is 5.54. The Kier molecular flexibility index (Phi) is 5.77. The highest BCUT2D eigenvalue weighted by Crippen LogP contribution is 2.23. The topological polar surface area (TPSA) is 119 Å². The molecule has 0 aliphatic carbocycles. The molecule has 4 aromatic rings. The first kappa shape index (κ1) is 19.5. The zero-order valence-corrected chi connectivity index (χ0v) is 16.3. The van der Waals surface area contributed by atoms with Crippen molar-refractivity contribution in [1.82, 2.24) is 19.9 Å². The maximum absolute atomic E-state index is 10.5. The molecule has 0 aliphatic rings. The summed E-state index contributed by atoms with van der Waals surface area (Å²) in [6, 6.07) is 16.4. The number of nitrogens with zero attached hydrogens (tertiary/aromatic N) is 4. The second kappa shape index (κ2) is 9.15. The minimum Gasteiger partial charge on any atom is -0.383 e. The lowest BCUT2D eigenvalue weighted by molar-refractivity contribution is -0.105. The van der Waals surface area contributed by atoms with Crippen LogP contribution in [0.2, 0.25) is 0 Å². The molecule has 4 N–H and O–H groups in total. The molecule has 31 heavy (non-hydrogen) atoms. The third-order valence-electron chi connectivity index (χ3n) is 4.22. The summed E-state index contributed by atoms with van der Waals surface area (Å²) in [5.41, 5.74) is 10.3. The van der Waals surface area contributed by atoms with E-state index in [1.165, 1.54) is 0 Å². The van der Waals surface area contributed by atoms with Crippen molar-refractivity contribution in [1.29, 1.82) is 0 Å². The van der Waals surface area contributed by atoms with Crippen molar-refractivity contribution >= 4 is 29.6 Å². The fourth-order valence-electron chi connectivity index (χ4n) is 2.73. The Morgan fingerprint density at radius 2 is 1.77 bits per heavy atom. The number of benzene rings is 1. The Labute approximate surface area is 178 Å². The van der Waals surface area contributed by atoms with Gasteiger partial charge in [-0.25, -0.2) is 9.97 Å². The third-order valence-corrected chi connectivity index (χ3v) is 4.22. The molecule has 0 saturated carbocycles. The minimum atomic E-state index is 0.345. The first-order valence-electron chi connectivity index (χ1n) is 9.30. The van der Waals surface area contributed by atoms with E-state index in [2.05, 4.69) is 42.4 Å². The second-order valence-corrected chi connectivity index (χ2v) is 6.35. The molecule has 150 valence electrons. The molecule has 0 unspecified atom stereocenters. The van der Waals surface area contributed by atoms with Crippen LogP contribution in [-0.2, 0) is 4.79 Å². The molecule has 1 aromatic carbocycles. The number of amides is 1. The number of aromatic nitrogens is 4. The predicted molar refractivity (Wildman–Crippen MR) is 119 cm³/mol. The SMILES string of the molecule is Nc1nc(Nc2ccc(C#Cc3cc(NC=O)ccn3)cc2)ncc1-c1ccccn1. The molecule has 3 aromatic heterocycles. The summed E-state index contributed by atoms with van der Waals surface area (Å²) in [4.78, 5) is 27.6. The van der Waals surface area contributed by atoms with Gasteiger partial charge in [-0.15, -0.1) is 0 Å². The second-order valence-electron chi connectivity index (χ2n) is 6.35. The van der Waals surface area contributed by atoms with Crippen LogP contribution >= 0.6 is 0 Å². The van der Waals surface area contributed by atoms with E-state index in [4.69, 9.17) is 5.73 Å². The number of pyridine rings is 2. The van der Waals surface area contributed by atoms with Gasteiger partial charge < -0.3 is 16.4 Å². The largest absolute Gasteiger partial charge is 0.383 e. The Morgan fingerprint density at radius 1 is 0.903 bits per heavy atom. The van der Waals surface area contributed by atoms with E-state index in [0.29, 0.717) is 35.1 Å². The molecule has 4 rings (SSSR count). The summed E-state index contributed by atoms with van der Waals surface area (Å²) in [5.74, 6) is 6.75. The molecule has 3 heterocycles. The Bertz CT molecular complexity index is 1260. The molecule has 0 spiro atoms. The van der Waals surface area contributed by atoms with Crippen LogP contribution in [0.1, 0.15) is 11.3 Å². The Hall–Kier alpha value is -4.77. The number of carbonyl (C=O) groups is 1. The van der Waals surface area contributed by atoms with Crippen molar-refractivity contribution in [2.24, 2.45) is 0 Å². The van der Waals surface area contributed by atoms with Gasteiger partial charge in [0, 0.05) is 35.5 Å². The van der Waals surface area contributed by atoms with E-state index in [1.54, 1.807) is 30.7 Å². The number of nitrogen functional groups attached to an aromatic ring is 1. The van der Waals surface area contributed by atoms with E-state index in [9.17, 15) is 4.79 Å². The van der Waals surface area contributed by atoms with Gasteiger partial charge in [0.25, 0.3) is 0 Å². The quantitative estimate of drug-likeness (QED) is 0.343. The van der Waals surface area contributed by atoms with E-state index < -0.39 is 0 Å². The predicted octanol–water partition coefficient (Wildman–Crippen LogP) is 3.23. The maximum Gasteiger partial charge on any atom is 0.229 e. The number of nitrogens with one attached hydrogen (secondary N) is 2. The van der Waals surface area contributed by atoms with Crippen LogP contribution in [-0.4, -0.2) is 26.3 Å². The van der Waals surface area contributed by atoms with Crippen molar-refractivity contribution in [2.75, 3.05) is 16.4 Å². The molecule has 1 amide bonds. The highest BCUT2D eigenvalue weighted by Gasteiger charge is 2.07. The van der Waals surface area contributed by atoms with E-state index in [-0.39, 0.29) is 0 Å². The summed E-state index contributed by atoms with van der Waals surface area (Å²) in [5, 5.41) is 5.69. The number of anilines is 4. The third kappa shape index (κ3) is 4.99. The molecule has 0 atom stereocenters. The van der Waals surface area contributed by atoms with Crippen LogP contribution in [0, 0.1) is 11.8 Å². The maximum atomic E-state index is 10.5. The standard InChI is InChI=1S/C23H17N7O/c24-22-20(21-3-1-2-11-26-21)14-27-23(30-22)29-17-7-4-16(5-8-17)6-9-18-13-19(28-15-31)10-12-25-18/h1-5,7-8,10-15H,(H,25,28,31)(H3,24,27,29,30). The van der Waals surface area contributed by atoms with Crippen LogP contribution in [0.25, 0.3) is 11.3 Å². The molecule has 0 saturated heterocycles. The number of nitrogens with two attached hydrogens (primary N) is 1. The van der Waals surface area contributed by atoms with Gasteiger partial charge in [0.2, 0.25) is 12.4 Å². The van der Waals surface area contributed by atoms with Gasteiger partial charge >= 0.3 is 0 Å². The molecule has 0 bridgehead atoms. The monoisotopic (exact) mass is 407 g/mol. The van der Waals surface area contributed by atoms with Crippen molar-refractivity contribution < 1.29 is 4.79 Å². The normalized spacial score (nSPS) is 9.94. The minimum absolute atomic E-state index is 0.345. The lowest BCUT2D eigenvalue weighted by Gasteiger charge is -2.08. The first-order chi connectivity index (χ1) is 15.2. The van der Waals surface area contributed by atoms with Crippen molar-refractivity contribution in [3.05, 3.63) is 84.4 Å². The summed E-state index contributed by atoms with van der Waals surface area (Å²) >= 11 is 0. The van der Waals surface area contributed by atoms with E-state index in [0.717, 1.165) is 16.9 Å². The number of rotatable bonds is 5. The fourth-order valence-corrected chi connectivity index (χ4v) is 2.73. The molecule has 8 heteroatoms. The van der Waals surface area contributed by atoms with Crippen molar-refractivity contribution in [3.63, 3.8) is 0 Å². The summed E-state index contributed by atoms with van der Waals surface area (Å²) in [6.45, 7) is 0. The van der Waals surface area contributed by atoms with Crippen molar-refractivity contribution in [3.8, 4) is 23.1 Å². The molecule has 8 nitrogen and oxygen atoms in total. The van der Waals surface area contributed by atoms with Gasteiger partial charge in [0.15, 0.2) is 0 Å². The van der Waals surface area contributed by atoms with Crippen LogP contribution in [0.3, 0.4) is 0 Å². The van der Waals surface area contributed by atoms with Gasteiger partial charge in [-0.2, -0.15) is 4.98 Å². The molecule has 0 fully saturated rings. The van der Waals surface area contributed by atoms with E-state index in [1.807, 2.05) is 42.5 Å². The zero-order chi connectivity index (χ0) is 21.5. The zero-order valence-electron chi connectivity index (χ0n) is 16.3. The number of hydrogen-bond acceptors (Lipinski definition) is 7. The van der Waals surface area contributed by atoms with Crippen LogP contribution in [0.15, 0.2) is 73.2 Å².